The van der Waals surface area contributed by atoms with Crippen molar-refractivity contribution in [2.45, 2.75) is 25.4 Å². The number of alkyl halides is 6. The Morgan fingerprint density at radius 1 is 1.10 bits per heavy atom. The first-order valence-corrected chi connectivity index (χ1v) is 14.4. The lowest BCUT2D eigenvalue weighted by Crippen LogP contribution is -2.76. The van der Waals surface area contributed by atoms with Gasteiger partial charge in [-0.1, -0.05) is 69.6 Å². The number of esters is 3. The number of halogens is 6. The normalized spacial score (nSPS) is 20.8. The first-order valence-electron chi connectivity index (χ1n) is 11.0. The molecule has 1 fully saturated rings. The molecule has 19 heteroatoms. The summed E-state index contributed by atoms with van der Waals surface area (Å²) in [5.74, 6) is -4.00. The van der Waals surface area contributed by atoms with Crippen LogP contribution >= 0.6 is 81.4 Å². The Kier molecular flexibility index (Phi) is 10.7. The molecule has 0 bridgehead atoms. The molecule has 1 amide bonds. The number of amides is 1. The molecule has 0 aromatic heterocycles. The molecule has 12 nitrogen and oxygen atoms in total. The van der Waals surface area contributed by atoms with E-state index in [2.05, 4.69) is 4.99 Å². The Morgan fingerprint density at radius 2 is 1.68 bits per heavy atom. The van der Waals surface area contributed by atoms with Gasteiger partial charge in [0, 0.05) is 36.6 Å². The summed E-state index contributed by atoms with van der Waals surface area (Å²) in [5.41, 5.74) is -2.34. The zero-order chi connectivity index (χ0) is 30.8. The number of benzene rings is 1. The van der Waals surface area contributed by atoms with Crippen molar-refractivity contribution in [2.75, 3.05) is 25.6 Å². The first kappa shape index (κ1) is 33.5. The summed E-state index contributed by atoms with van der Waals surface area (Å²) in [6, 6.07) is 5.07. The van der Waals surface area contributed by atoms with Crippen LogP contribution in [0.3, 0.4) is 0 Å². The first-order chi connectivity index (χ1) is 19.0. The number of ether oxygens (including phenoxy) is 3. The Labute approximate surface area is 266 Å². The van der Waals surface area contributed by atoms with Gasteiger partial charge in [-0.15, -0.1) is 11.8 Å². The van der Waals surface area contributed by atoms with Crippen LogP contribution in [0.25, 0.3) is 0 Å². The molecule has 222 valence electrons. The Balaban J connectivity index is 2.03. The minimum atomic E-state index is -2.27. The van der Waals surface area contributed by atoms with Crippen LogP contribution in [0.15, 0.2) is 40.5 Å². The summed E-state index contributed by atoms with van der Waals surface area (Å²) in [7, 11) is 0. The number of hydrogen-bond donors (Lipinski definition) is 0. The van der Waals surface area contributed by atoms with Gasteiger partial charge in [0.1, 0.15) is 30.9 Å². The minimum Gasteiger partial charge on any atom is -0.461 e. The summed E-state index contributed by atoms with van der Waals surface area (Å²) in [5, 5.41) is 9.78. The summed E-state index contributed by atoms with van der Waals surface area (Å²) < 4.78 is 11.2. The zero-order valence-corrected chi connectivity index (χ0v) is 25.8. The van der Waals surface area contributed by atoms with E-state index in [4.69, 9.17) is 83.8 Å². The molecule has 0 radical (unpaired) electrons. The van der Waals surface area contributed by atoms with Crippen LogP contribution in [0.1, 0.15) is 12.5 Å². The average molecular weight is 712 g/mol. The summed E-state index contributed by atoms with van der Waals surface area (Å²) in [6.45, 7) is -0.654. The average Bonchev–Trinajstić information content (AvgIpc) is 2.88. The van der Waals surface area contributed by atoms with E-state index in [-0.39, 0.29) is 29.3 Å². The summed E-state index contributed by atoms with van der Waals surface area (Å²) in [4.78, 5) is 67.1. The molecular formula is C22H17Cl6N3O9S. The summed E-state index contributed by atoms with van der Waals surface area (Å²) in [6.07, 6.45) is 1.13. The van der Waals surface area contributed by atoms with E-state index < -0.39 is 60.5 Å². The van der Waals surface area contributed by atoms with Crippen molar-refractivity contribution in [3.05, 3.63) is 51.2 Å². The fraction of sp³-hybridized carbons (Fsp3) is 0.409. The molecule has 1 saturated heterocycles. The van der Waals surface area contributed by atoms with Gasteiger partial charge in [-0.2, -0.15) is 0 Å². The van der Waals surface area contributed by atoms with Crippen LogP contribution in [0.4, 0.5) is 5.69 Å². The standard InChI is InChI=1S/C22H17Cl6N3O9S/c1-11(32)38-7-13-8-41-18-22(19(35)40-10-21(26,27)28,29-6-12-2-4-14(5-3-12)31(36)37)17(34)30(18)15(13)16(33)39-9-20(23,24)25/h2-6,18H,7-10H2,1H3/t18-,22-/m1/s1. The lowest BCUT2D eigenvalue weighted by Gasteiger charge is -2.53. The monoisotopic (exact) mass is 709 g/mol. The number of aliphatic imine (C=N–C) groups is 1. The fourth-order valence-electron chi connectivity index (χ4n) is 3.58. The number of carbonyl (C=O) groups is 4. The van der Waals surface area contributed by atoms with Gasteiger partial charge in [-0.3, -0.25) is 29.6 Å². The van der Waals surface area contributed by atoms with Crippen molar-refractivity contribution in [1.82, 2.24) is 4.90 Å². The quantitative estimate of drug-likeness (QED) is 0.0529. The van der Waals surface area contributed by atoms with E-state index in [9.17, 15) is 29.3 Å². The second kappa shape index (κ2) is 13.1. The van der Waals surface area contributed by atoms with E-state index >= 15 is 0 Å². The number of rotatable bonds is 9. The third kappa shape index (κ3) is 8.09. The molecule has 0 saturated carbocycles. The van der Waals surface area contributed by atoms with Gasteiger partial charge in [-0.05, 0) is 17.7 Å². The van der Waals surface area contributed by atoms with Gasteiger partial charge < -0.3 is 14.2 Å². The molecule has 3 rings (SSSR count). The maximum atomic E-state index is 13.7. The molecule has 2 heterocycles. The maximum absolute atomic E-state index is 13.7. The fourth-order valence-corrected chi connectivity index (χ4v) is 5.34. The number of non-ortho nitro benzene ring substituents is 1. The molecule has 2 aliphatic rings. The highest BCUT2D eigenvalue weighted by atomic mass is 35.6. The molecule has 2 aliphatic heterocycles. The van der Waals surface area contributed by atoms with Crippen LogP contribution in [-0.2, 0) is 33.4 Å². The van der Waals surface area contributed by atoms with E-state index in [1.165, 1.54) is 24.3 Å². The molecule has 2 atom stereocenters. The van der Waals surface area contributed by atoms with Crippen molar-refractivity contribution >= 4 is 117 Å². The maximum Gasteiger partial charge on any atom is 0.355 e. The number of nitrogens with zero attached hydrogens (tertiary/aromatic N) is 3. The van der Waals surface area contributed by atoms with Crippen molar-refractivity contribution in [3.63, 3.8) is 0 Å². The van der Waals surface area contributed by atoms with Gasteiger partial charge in [0.25, 0.3) is 17.1 Å². The SMILES string of the molecule is CC(=O)OCC1=C(C(=O)OCC(Cl)(Cl)Cl)N2C(=O)[C@](N=Cc3ccc([N+](=O)[O-])cc3)(C(=O)OCC(Cl)(Cl)Cl)[C@H]2SC1. The van der Waals surface area contributed by atoms with Gasteiger partial charge in [0.2, 0.25) is 7.59 Å². The van der Waals surface area contributed by atoms with E-state index in [1.54, 1.807) is 0 Å². The van der Waals surface area contributed by atoms with E-state index in [1.807, 2.05) is 0 Å². The van der Waals surface area contributed by atoms with Crippen LogP contribution in [-0.4, -0.2) is 83.9 Å². The molecule has 0 unspecified atom stereocenters. The third-order valence-electron chi connectivity index (χ3n) is 5.34. The molecule has 0 spiro atoms. The van der Waals surface area contributed by atoms with E-state index in [0.717, 1.165) is 29.8 Å². The van der Waals surface area contributed by atoms with Crippen LogP contribution in [0, 0.1) is 10.1 Å². The van der Waals surface area contributed by atoms with Crippen molar-refractivity contribution in [2.24, 2.45) is 4.99 Å². The largest absolute Gasteiger partial charge is 0.461 e. The number of nitro benzene ring substituents is 1. The third-order valence-corrected chi connectivity index (χ3v) is 7.37. The number of thioether (sulfide) groups is 1. The highest BCUT2D eigenvalue weighted by Crippen LogP contribution is 2.49. The van der Waals surface area contributed by atoms with Crippen molar-refractivity contribution < 1.29 is 38.3 Å². The van der Waals surface area contributed by atoms with Gasteiger partial charge in [0.15, 0.2) is 0 Å². The van der Waals surface area contributed by atoms with E-state index in [0.29, 0.717) is 5.56 Å². The van der Waals surface area contributed by atoms with Crippen LogP contribution in [0.5, 0.6) is 0 Å². The summed E-state index contributed by atoms with van der Waals surface area (Å²) >= 11 is 35.2. The van der Waals surface area contributed by atoms with Gasteiger partial charge >= 0.3 is 17.9 Å². The number of hydrogen-bond acceptors (Lipinski definition) is 11. The second-order valence-corrected chi connectivity index (χ2v) is 14.4. The number of β-lactam (4-membered cyclic amide) rings is 1. The van der Waals surface area contributed by atoms with Gasteiger partial charge in [-0.25, -0.2) is 9.59 Å². The molecule has 0 N–H and O–H groups in total. The number of fused-ring (bicyclic) bond motifs is 1. The zero-order valence-electron chi connectivity index (χ0n) is 20.5. The van der Waals surface area contributed by atoms with Crippen LogP contribution < -0.4 is 0 Å². The highest BCUT2D eigenvalue weighted by molar-refractivity contribution is 8.00. The van der Waals surface area contributed by atoms with Gasteiger partial charge in [0.05, 0.1) is 4.92 Å². The highest BCUT2D eigenvalue weighted by Gasteiger charge is 2.70. The minimum absolute atomic E-state index is 0.0214. The predicted molar refractivity (Wildman–Crippen MR) is 153 cm³/mol. The molecule has 41 heavy (non-hydrogen) atoms. The number of nitro groups is 1. The molecule has 0 aliphatic carbocycles. The Morgan fingerprint density at radius 3 is 2.22 bits per heavy atom. The lowest BCUT2D eigenvalue weighted by molar-refractivity contribution is -0.384. The Bertz CT molecular complexity index is 1310. The lowest BCUT2D eigenvalue weighted by atomic mass is 9.86. The Hall–Kier alpha value is -2.00. The number of carbonyl (C=O) groups excluding carboxylic acids is 4. The molecular weight excluding hydrogens is 695 g/mol. The van der Waals surface area contributed by atoms with Crippen LogP contribution in [0.2, 0.25) is 0 Å². The second-order valence-electron chi connectivity index (χ2n) is 8.33. The molecule has 1 aromatic rings. The van der Waals surface area contributed by atoms with Crippen molar-refractivity contribution in [3.8, 4) is 0 Å². The van der Waals surface area contributed by atoms with Crippen molar-refractivity contribution in [1.29, 1.82) is 0 Å². The predicted octanol–water partition coefficient (Wildman–Crippen LogP) is 4.31. The molecule has 1 aromatic carbocycles. The topological polar surface area (TPSA) is 155 Å². The smallest absolute Gasteiger partial charge is 0.355 e.